The molecule has 1 N–H and O–H groups in total. The molecule has 31 heavy (non-hydrogen) atoms. The Morgan fingerprint density at radius 1 is 1.13 bits per heavy atom. The van der Waals surface area contributed by atoms with Crippen LogP contribution in [-0.2, 0) is 25.5 Å². The van der Waals surface area contributed by atoms with Crippen molar-refractivity contribution >= 4 is 23.5 Å². The third kappa shape index (κ3) is 6.97. The van der Waals surface area contributed by atoms with Crippen LogP contribution in [0, 0.1) is 0 Å². The summed E-state index contributed by atoms with van der Waals surface area (Å²) < 4.78 is 11.1. The van der Waals surface area contributed by atoms with E-state index in [1.165, 1.54) is 6.42 Å². The molecule has 0 radical (unpaired) electrons. The molecule has 2 amide bonds. The van der Waals surface area contributed by atoms with E-state index in [4.69, 9.17) is 9.47 Å². The van der Waals surface area contributed by atoms with Gasteiger partial charge < -0.3 is 19.7 Å². The van der Waals surface area contributed by atoms with Crippen LogP contribution in [-0.4, -0.2) is 48.5 Å². The Hall–Kier alpha value is -2.57. The predicted octanol–water partition coefficient (Wildman–Crippen LogP) is 3.84. The molecule has 1 heterocycles. The largest absolute Gasteiger partial charge is 0.494 e. The van der Waals surface area contributed by atoms with E-state index in [0.29, 0.717) is 38.8 Å². The molecule has 0 saturated heterocycles. The van der Waals surface area contributed by atoms with Crippen molar-refractivity contribution in [3.63, 3.8) is 0 Å². The monoisotopic (exact) mass is 430 g/mol. The summed E-state index contributed by atoms with van der Waals surface area (Å²) in [5.41, 5.74) is 1.93. The number of hydrogen-bond donors (Lipinski definition) is 1. The number of nitrogens with one attached hydrogen (secondary N) is 1. The SMILES string of the molecule is CCC(=O)OCCN(C(=O)CCCOc1ccc2c(c1)CCC(=O)N2)C1CCCCC1. The number of carbonyl (C=O) groups excluding carboxylic acids is 3. The van der Waals surface area contributed by atoms with Crippen LogP contribution in [0.1, 0.15) is 70.3 Å². The lowest BCUT2D eigenvalue weighted by molar-refractivity contribution is -0.146. The fourth-order valence-electron chi connectivity index (χ4n) is 4.27. The van der Waals surface area contributed by atoms with E-state index in [2.05, 4.69) is 5.32 Å². The quantitative estimate of drug-likeness (QED) is 0.450. The first-order valence-corrected chi connectivity index (χ1v) is 11.6. The molecule has 3 rings (SSSR count). The van der Waals surface area contributed by atoms with Gasteiger partial charge in [-0.1, -0.05) is 26.2 Å². The molecule has 0 spiro atoms. The maximum absolute atomic E-state index is 12.9. The van der Waals surface area contributed by atoms with E-state index >= 15 is 0 Å². The second-order valence-electron chi connectivity index (χ2n) is 8.27. The number of anilines is 1. The fourth-order valence-corrected chi connectivity index (χ4v) is 4.27. The highest BCUT2D eigenvalue weighted by molar-refractivity contribution is 5.94. The van der Waals surface area contributed by atoms with Crippen LogP contribution in [0.15, 0.2) is 18.2 Å². The van der Waals surface area contributed by atoms with Gasteiger partial charge >= 0.3 is 5.97 Å². The van der Waals surface area contributed by atoms with Gasteiger partial charge in [0.25, 0.3) is 0 Å². The van der Waals surface area contributed by atoms with Gasteiger partial charge in [0.2, 0.25) is 11.8 Å². The lowest BCUT2D eigenvalue weighted by Gasteiger charge is -2.34. The van der Waals surface area contributed by atoms with Crippen LogP contribution < -0.4 is 10.1 Å². The molecule has 1 aromatic rings. The van der Waals surface area contributed by atoms with Gasteiger partial charge in [-0.3, -0.25) is 14.4 Å². The Kier molecular flexibility index (Phi) is 8.74. The minimum atomic E-state index is -0.228. The Labute approximate surface area is 184 Å². The minimum Gasteiger partial charge on any atom is -0.494 e. The normalized spacial score (nSPS) is 16.2. The van der Waals surface area contributed by atoms with Crippen molar-refractivity contribution in [1.29, 1.82) is 0 Å². The molecule has 7 nitrogen and oxygen atoms in total. The Bertz CT molecular complexity index is 773. The van der Waals surface area contributed by atoms with Crippen molar-refractivity contribution in [2.75, 3.05) is 25.1 Å². The van der Waals surface area contributed by atoms with Gasteiger partial charge in [0.15, 0.2) is 0 Å². The van der Waals surface area contributed by atoms with E-state index < -0.39 is 0 Å². The molecule has 1 aliphatic carbocycles. The fraction of sp³-hybridized carbons (Fsp3) is 0.625. The number of hydrogen-bond acceptors (Lipinski definition) is 5. The van der Waals surface area contributed by atoms with Gasteiger partial charge in [0.05, 0.1) is 13.2 Å². The van der Waals surface area contributed by atoms with E-state index in [9.17, 15) is 14.4 Å². The predicted molar refractivity (Wildman–Crippen MR) is 118 cm³/mol. The number of esters is 1. The lowest BCUT2D eigenvalue weighted by atomic mass is 9.94. The maximum atomic E-state index is 12.9. The average molecular weight is 431 g/mol. The zero-order valence-corrected chi connectivity index (χ0v) is 18.5. The van der Waals surface area contributed by atoms with Crippen molar-refractivity contribution in [1.82, 2.24) is 4.90 Å². The minimum absolute atomic E-state index is 0.0478. The smallest absolute Gasteiger partial charge is 0.305 e. The van der Waals surface area contributed by atoms with Crippen LogP contribution in [0.3, 0.4) is 0 Å². The first kappa shape index (κ1) is 23.1. The van der Waals surface area contributed by atoms with Gasteiger partial charge in [-0.25, -0.2) is 0 Å². The average Bonchev–Trinajstić information content (AvgIpc) is 2.79. The summed E-state index contributed by atoms with van der Waals surface area (Å²) in [6, 6.07) is 5.93. The molecule has 1 fully saturated rings. The zero-order valence-electron chi connectivity index (χ0n) is 18.5. The van der Waals surface area contributed by atoms with Crippen molar-refractivity contribution in [3.8, 4) is 5.75 Å². The second kappa shape index (κ2) is 11.7. The number of ether oxygens (including phenoxy) is 2. The summed E-state index contributed by atoms with van der Waals surface area (Å²) in [5.74, 6) is 0.690. The van der Waals surface area contributed by atoms with E-state index in [0.717, 1.165) is 49.1 Å². The number of benzene rings is 1. The maximum Gasteiger partial charge on any atom is 0.305 e. The van der Waals surface area contributed by atoms with Crippen molar-refractivity contribution in [2.45, 2.75) is 77.2 Å². The molecule has 2 aliphatic rings. The third-order valence-electron chi connectivity index (χ3n) is 6.00. The number of rotatable bonds is 10. The molecule has 7 heteroatoms. The summed E-state index contributed by atoms with van der Waals surface area (Å²) in [6.07, 6.45) is 8.17. The summed E-state index contributed by atoms with van der Waals surface area (Å²) in [5, 5.41) is 2.86. The molecule has 170 valence electrons. The molecule has 1 aliphatic heterocycles. The van der Waals surface area contributed by atoms with Crippen LogP contribution in [0.5, 0.6) is 5.75 Å². The lowest BCUT2D eigenvalue weighted by Crippen LogP contribution is -2.43. The van der Waals surface area contributed by atoms with Gasteiger partial charge in [-0.2, -0.15) is 0 Å². The number of amides is 2. The van der Waals surface area contributed by atoms with Crippen molar-refractivity contribution in [3.05, 3.63) is 23.8 Å². The number of aryl methyl sites for hydroxylation is 1. The van der Waals surface area contributed by atoms with Crippen LogP contribution in [0.2, 0.25) is 0 Å². The molecule has 0 aromatic heterocycles. The van der Waals surface area contributed by atoms with E-state index in [1.807, 2.05) is 23.1 Å². The van der Waals surface area contributed by atoms with Crippen molar-refractivity contribution in [2.24, 2.45) is 0 Å². The summed E-state index contributed by atoms with van der Waals surface area (Å²) in [6.45, 7) is 2.95. The molecule has 1 saturated carbocycles. The van der Waals surface area contributed by atoms with Gasteiger partial charge in [-0.05, 0) is 49.4 Å². The topological polar surface area (TPSA) is 84.9 Å². The highest BCUT2D eigenvalue weighted by Gasteiger charge is 2.25. The zero-order chi connectivity index (χ0) is 22.1. The molecule has 0 unspecified atom stereocenters. The molecular weight excluding hydrogens is 396 g/mol. The van der Waals surface area contributed by atoms with Gasteiger partial charge in [0.1, 0.15) is 12.4 Å². The van der Waals surface area contributed by atoms with Crippen LogP contribution in [0.4, 0.5) is 5.69 Å². The number of fused-ring (bicyclic) bond motifs is 1. The van der Waals surface area contributed by atoms with E-state index in [-0.39, 0.29) is 30.4 Å². The first-order chi connectivity index (χ1) is 15.1. The van der Waals surface area contributed by atoms with E-state index in [1.54, 1.807) is 6.92 Å². The van der Waals surface area contributed by atoms with Gasteiger partial charge in [0, 0.05) is 31.0 Å². The molecular formula is C24H34N2O5. The summed E-state index contributed by atoms with van der Waals surface area (Å²) in [4.78, 5) is 37.7. The standard InChI is InChI=1S/C24H34N2O5/c1-2-24(29)31-16-14-26(19-7-4-3-5-8-19)23(28)9-6-15-30-20-11-12-21-18(17-20)10-13-22(27)25-21/h11-12,17,19H,2-10,13-16H2,1H3,(H,25,27). The third-order valence-corrected chi connectivity index (χ3v) is 6.00. The Balaban J connectivity index is 1.46. The van der Waals surface area contributed by atoms with Crippen molar-refractivity contribution < 1.29 is 23.9 Å². The van der Waals surface area contributed by atoms with Crippen LogP contribution in [0.25, 0.3) is 0 Å². The number of carbonyl (C=O) groups is 3. The highest BCUT2D eigenvalue weighted by atomic mass is 16.5. The second-order valence-corrected chi connectivity index (χ2v) is 8.27. The summed E-state index contributed by atoms with van der Waals surface area (Å²) >= 11 is 0. The molecule has 0 bridgehead atoms. The highest BCUT2D eigenvalue weighted by Crippen LogP contribution is 2.27. The van der Waals surface area contributed by atoms with Crippen LogP contribution >= 0.6 is 0 Å². The summed E-state index contributed by atoms with van der Waals surface area (Å²) in [7, 11) is 0. The first-order valence-electron chi connectivity index (χ1n) is 11.6. The molecule has 0 atom stereocenters. The number of nitrogens with zero attached hydrogens (tertiary/aromatic N) is 1. The Morgan fingerprint density at radius 2 is 1.94 bits per heavy atom. The van der Waals surface area contributed by atoms with Gasteiger partial charge in [-0.15, -0.1) is 0 Å². The molecule has 1 aromatic carbocycles. The Morgan fingerprint density at radius 3 is 2.71 bits per heavy atom.